The standard InChI is InChI=1S/C26H23F6NO4/c1-24(2,3)21(23(35)36)33-22(34)18-11-7-15-6-10-17(26(30,31)32)12-19(15)20(18)37-13-14-4-8-16(9-5-14)25(27,28)29/h4-12,21H,13H2,1-3H3,(H,33,34)(H,35,36)/t21-/m1/s1. The zero-order valence-electron chi connectivity index (χ0n) is 19.9. The van der Waals surface area contributed by atoms with E-state index in [9.17, 15) is 41.0 Å². The Labute approximate surface area is 208 Å². The zero-order chi connectivity index (χ0) is 27.8. The van der Waals surface area contributed by atoms with Crippen LogP contribution in [0.3, 0.4) is 0 Å². The molecule has 2 N–H and O–H groups in total. The summed E-state index contributed by atoms with van der Waals surface area (Å²) in [5, 5.41) is 12.2. The number of carboxylic acid groups (broad SMARTS) is 1. The van der Waals surface area contributed by atoms with Crippen LogP contribution in [0, 0.1) is 5.41 Å². The predicted molar refractivity (Wildman–Crippen MR) is 123 cm³/mol. The number of rotatable bonds is 6. The van der Waals surface area contributed by atoms with Gasteiger partial charge in [-0.15, -0.1) is 0 Å². The molecule has 0 saturated heterocycles. The molecule has 1 atom stereocenters. The molecule has 1 amide bonds. The van der Waals surface area contributed by atoms with Gasteiger partial charge in [0, 0.05) is 5.39 Å². The van der Waals surface area contributed by atoms with Crippen molar-refractivity contribution in [3.63, 3.8) is 0 Å². The highest BCUT2D eigenvalue weighted by atomic mass is 19.4. The number of carbonyl (C=O) groups excluding carboxylic acids is 1. The molecule has 3 aromatic carbocycles. The van der Waals surface area contributed by atoms with Gasteiger partial charge in [0.25, 0.3) is 5.91 Å². The topological polar surface area (TPSA) is 75.6 Å². The number of amides is 1. The maximum atomic E-state index is 13.4. The summed E-state index contributed by atoms with van der Waals surface area (Å²) in [4.78, 5) is 24.8. The van der Waals surface area contributed by atoms with Crippen LogP contribution in [-0.4, -0.2) is 23.0 Å². The van der Waals surface area contributed by atoms with E-state index in [1.54, 1.807) is 20.8 Å². The van der Waals surface area contributed by atoms with Crippen molar-refractivity contribution < 1.29 is 45.8 Å². The lowest BCUT2D eigenvalue weighted by molar-refractivity contribution is -0.142. The predicted octanol–water partition coefficient (Wildman–Crippen LogP) is 6.69. The molecule has 0 heterocycles. The number of hydrogen-bond acceptors (Lipinski definition) is 3. The van der Waals surface area contributed by atoms with E-state index in [1.807, 2.05) is 0 Å². The molecular weight excluding hydrogens is 504 g/mol. The number of nitrogens with one attached hydrogen (secondary N) is 1. The molecule has 0 aliphatic carbocycles. The van der Waals surface area contributed by atoms with Gasteiger partial charge >= 0.3 is 18.3 Å². The molecule has 0 radical (unpaired) electrons. The zero-order valence-corrected chi connectivity index (χ0v) is 19.9. The highest BCUT2D eigenvalue weighted by Crippen LogP contribution is 2.37. The molecular formula is C26H23F6NO4. The fourth-order valence-corrected chi connectivity index (χ4v) is 3.61. The molecule has 5 nitrogen and oxygen atoms in total. The van der Waals surface area contributed by atoms with Gasteiger partial charge in [-0.3, -0.25) is 4.79 Å². The monoisotopic (exact) mass is 527 g/mol. The number of hydrogen-bond donors (Lipinski definition) is 2. The van der Waals surface area contributed by atoms with Crippen LogP contribution in [0.1, 0.15) is 47.8 Å². The Bertz CT molecular complexity index is 1310. The number of alkyl halides is 6. The molecule has 3 rings (SSSR count). The molecule has 198 valence electrons. The van der Waals surface area contributed by atoms with Gasteiger partial charge in [0.1, 0.15) is 18.4 Å². The second-order valence-corrected chi connectivity index (χ2v) is 9.47. The minimum absolute atomic E-state index is 0.0722. The average Bonchev–Trinajstić information content (AvgIpc) is 2.78. The first-order valence-electron chi connectivity index (χ1n) is 10.9. The normalized spacial score (nSPS) is 13.3. The molecule has 37 heavy (non-hydrogen) atoms. The van der Waals surface area contributed by atoms with Crippen LogP contribution in [0.5, 0.6) is 5.75 Å². The first-order chi connectivity index (χ1) is 17.0. The Hall–Kier alpha value is -3.76. The van der Waals surface area contributed by atoms with E-state index in [0.29, 0.717) is 5.39 Å². The fourth-order valence-electron chi connectivity index (χ4n) is 3.61. The minimum Gasteiger partial charge on any atom is -0.487 e. The second-order valence-electron chi connectivity index (χ2n) is 9.47. The van der Waals surface area contributed by atoms with E-state index < -0.39 is 46.8 Å². The summed E-state index contributed by atoms with van der Waals surface area (Å²) in [6, 6.07) is 8.16. The van der Waals surface area contributed by atoms with Crippen molar-refractivity contribution in [3.05, 3.63) is 76.9 Å². The quantitative estimate of drug-likeness (QED) is 0.351. The van der Waals surface area contributed by atoms with Gasteiger partial charge in [0.15, 0.2) is 0 Å². The van der Waals surface area contributed by atoms with Gasteiger partial charge in [-0.25, -0.2) is 4.79 Å². The smallest absolute Gasteiger partial charge is 0.416 e. The Morgan fingerprint density at radius 2 is 1.41 bits per heavy atom. The van der Waals surface area contributed by atoms with E-state index in [0.717, 1.165) is 36.4 Å². The third-order valence-electron chi connectivity index (χ3n) is 5.60. The number of carboxylic acids is 1. The summed E-state index contributed by atoms with van der Waals surface area (Å²) in [7, 11) is 0. The summed E-state index contributed by atoms with van der Waals surface area (Å²) < 4.78 is 84.5. The van der Waals surface area contributed by atoms with Gasteiger partial charge < -0.3 is 15.2 Å². The summed E-state index contributed by atoms with van der Waals surface area (Å²) >= 11 is 0. The van der Waals surface area contributed by atoms with Crippen LogP contribution in [0.4, 0.5) is 26.3 Å². The summed E-state index contributed by atoms with van der Waals surface area (Å²) in [6.45, 7) is 4.40. The van der Waals surface area contributed by atoms with Crippen molar-refractivity contribution in [2.45, 2.75) is 45.8 Å². The van der Waals surface area contributed by atoms with Crippen LogP contribution < -0.4 is 10.1 Å². The Kier molecular flexibility index (Phi) is 7.48. The van der Waals surface area contributed by atoms with E-state index in [2.05, 4.69) is 5.32 Å². The third-order valence-corrected chi connectivity index (χ3v) is 5.60. The van der Waals surface area contributed by atoms with E-state index >= 15 is 0 Å². The number of fused-ring (bicyclic) bond motifs is 1. The van der Waals surface area contributed by atoms with Crippen molar-refractivity contribution in [1.29, 1.82) is 0 Å². The van der Waals surface area contributed by atoms with Crippen molar-refractivity contribution in [1.82, 2.24) is 5.32 Å². The van der Waals surface area contributed by atoms with Gasteiger partial charge in [-0.05, 0) is 46.7 Å². The second kappa shape index (κ2) is 9.95. The Morgan fingerprint density at radius 1 is 0.865 bits per heavy atom. The van der Waals surface area contributed by atoms with E-state index in [4.69, 9.17) is 4.74 Å². The van der Waals surface area contributed by atoms with Crippen LogP contribution in [0.15, 0.2) is 54.6 Å². The summed E-state index contributed by atoms with van der Waals surface area (Å²) in [6.07, 6.45) is -9.25. The van der Waals surface area contributed by atoms with Gasteiger partial charge in [0.05, 0.1) is 16.7 Å². The largest absolute Gasteiger partial charge is 0.487 e. The molecule has 0 bridgehead atoms. The Balaban J connectivity index is 2.07. The number of aliphatic carboxylic acids is 1. The molecule has 0 spiro atoms. The maximum Gasteiger partial charge on any atom is 0.416 e. The van der Waals surface area contributed by atoms with Gasteiger partial charge in [-0.1, -0.05) is 45.0 Å². The highest BCUT2D eigenvalue weighted by molar-refractivity contribution is 6.05. The number of benzene rings is 3. The molecule has 0 fully saturated rings. The fraction of sp³-hybridized carbons (Fsp3) is 0.308. The third kappa shape index (κ3) is 6.52. The van der Waals surface area contributed by atoms with Crippen molar-refractivity contribution in [2.24, 2.45) is 5.41 Å². The molecule has 0 unspecified atom stereocenters. The van der Waals surface area contributed by atoms with Crippen LogP contribution >= 0.6 is 0 Å². The first-order valence-corrected chi connectivity index (χ1v) is 10.9. The highest BCUT2D eigenvalue weighted by Gasteiger charge is 2.35. The lowest BCUT2D eigenvalue weighted by atomic mass is 9.86. The van der Waals surface area contributed by atoms with Gasteiger partial charge in [-0.2, -0.15) is 26.3 Å². The number of halogens is 6. The molecule has 0 aromatic heterocycles. The Morgan fingerprint density at radius 3 is 1.92 bits per heavy atom. The van der Waals surface area contributed by atoms with Crippen LogP contribution in [-0.2, 0) is 23.8 Å². The average molecular weight is 527 g/mol. The van der Waals surface area contributed by atoms with Gasteiger partial charge in [0.2, 0.25) is 0 Å². The van der Waals surface area contributed by atoms with Crippen molar-refractivity contribution in [3.8, 4) is 5.75 Å². The summed E-state index contributed by atoms with van der Waals surface area (Å²) in [5.74, 6) is -2.48. The van der Waals surface area contributed by atoms with Crippen LogP contribution in [0.2, 0.25) is 0 Å². The molecule has 3 aromatic rings. The lowest BCUT2D eigenvalue weighted by Gasteiger charge is -2.28. The lowest BCUT2D eigenvalue weighted by Crippen LogP contribution is -2.49. The molecule has 0 aliphatic heterocycles. The SMILES string of the molecule is CC(C)(C)[C@H](NC(=O)c1ccc2ccc(C(F)(F)F)cc2c1OCc1ccc(C(F)(F)F)cc1)C(=O)O. The van der Waals surface area contributed by atoms with Crippen LogP contribution in [0.25, 0.3) is 10.8 Å². The first kappa shape index (κ1) is 27.8. The van der Waals surface area contributed by atoms with Crippen molar-refractivity contribution in [2.75, 3.05) is 0 Å². The van der Waals surface area contributed by atoms with E-state index in [1.165, 1.54) is 18.2 Å². The maximum absolute atomic E-state index is 13.4. The summed E-state index contributed by atoms with van der Waals surface area (Å²) in [5.41, 5.74) is -2.76. The molecule has 0 aliphatic rings. The number of ether oxygens (including phenoxy) is 1. The molecule has 0 saturated carbocycles. The molecule has 11 heteroatoms. The number of carbonyl (C=O) groups is 2. The van der Waals surface area contributed by atoms with Crippen molar-refractivity contribution >= 4 is 22.6 Å². The van der Waals surface area contributed by atoms with E-state index in [-0.39, 0.29) is 28.9 Å². The minimum atomic E-state index is -4.70.